The minimum absolute atomic E-state index is 0.101. The summed E-state index contributed by atoms with van der Waals surface area (Å²) in [7, 11) is 0. The third kappa shape index (κ3) is 4.32. The average molecular weight is 406 g/mol. The summed E-state index contributed by atoms with van der Waals surface area (Å²) < 4.78 is 0. The number of nitrogens with zero attached hydrogens (tertiary/aromatic N) is 2. The zero-order valence-electron chi connectivity index (χ0n) is 14.8. The molecule has 0 saturated heterocycles. The number of anilines is 1. The smallest absolute Gasteiger partial charge is 0.234 e. The molecule has 1 amide bonds. The minimum atomic E-state index is -0.101. The molecule has 28 heavy (non-hydrogen) atoms. The molecule has 3 aromatic carbocycles. The Balaban J connectivity index is 1.57. The van der Waals surface area contributed by atoms with Gasteiger partial charge in [-0.25, -0.2) is 9.97 Å². The van der Waals surface area contributed by atoms with Gasteiger partial charge in [0.2, 0.25) is 5.91 Å². The Morgan fingerprint density at radius 1 is 0.893 bits per heavy atom. The normalized spacial score (nSPS) is 10.8. The van der Waals surface area contributed by atoms with Crippen LogP contribution < -0.4 is 5.32 Å². The number of amides is 1. The number of hydrogen-bond donors (Lipinski definition) is 1. The summed E-state index contributed by atoms with van der Waals surface area (Å²) in [6.45, 7) is 0. The van der Waals surface area contributed by atoms with Crippen LogP contribution in [0.1, 0.15) is 0 Å². The number of rotatable bonds is 5. The lowest BCUT2D eigenvalue weighted by molar-refractivity contribution is -0.113. The van der Waals surface area contributed by atoms with Gasteiger partial charge in [0.05, 0.1) is 11.3 Å². The van der Waals surface area contributed by atoms with Gasteiger partial charge in [-0.1, -0.05) is 71.9 Å². The fourth-order valence-corrected chi connectivity index (χ4v) is 3.68. The maximum Gasteiger partial charge on any atom is 0.234 e. The highest BCUT2D eigenvalue weighted by atomic mass is 35.5. The second-order valence-electron chi connectivity index (χ2n) is 6.08. The van der Waals surface area contributed by atoms with Crippen LogP contribution in [0.2, 0.25) is 5.02 Å². The number of halogens is 1. The fourth-order valence-electron chi connectivity index (χ4n) is 2.74. The molecule has 0 aliphatic rings. The molecule has 1 N–H and O–H groups in total. The maximum absolute atomic E-state index is 12.4. The van der Waals surface area contributed by atoms with Crippen LogP contribution in [0.4, 0.5) is 5.69 Å². The van der Waals surface area contributed by atoms with E-state index in [1.54, 1.807) is 24.3 Å². The monoisotopic (exact) mass is 405 g/mol. The van der Waals surface area contributed by atoms with Gasteiger partial charge in [0.25, 0.3) is 0 Å². The second-order valence-corrected chi connectivity index (χ2v) is 7.48. The van der Waals surface area contributed by atoms with Gasteiger partial charge in [-0.3, -0.25) is 4.79 Å². The predicted molar refractivity (Wildman–Crippen MR) is 116 cm³/mol. The van der Waals surface area contributed by atoms with Crippen molar-refractivity contribution < 1.29 is 4.79 Å². The molecule has 0 spiro atoms. The first-order valence-corrected chi connectivity index (χ1v) is 10.1. The highest BCUT2D eigenvalue weighted by Gasteiger charge is 2.12. The molecule has 0 radical (unpaired) electrons. The molecule has 0 aliphatic carbocycles. The van der Waals surface area contributed by atoms with E-state index in [4.69, 9.17) is 16.6 Å². The molecule has 1 aromatic heterocycles. The molecule has 4 rings (SSSR count). The molecule has 0 saturated carbocycles. The Kier molecular flexibility index (Phi) is 5.55. The number of fused-ring (bicyclic) bond motifs is 1. The molecule has 4 aromatic rings. The third-order valence-electron chi connectivity index (χ3n) is 4.07. The highest BCUT2D eigenvalue weighted by molar-refractivity contribution is 8.00. The standard InChI is InChI=1S/C22H16ClN3OS/c23-16-10-12-17(13-11-16)24-20(27)14-28-22-18-8-4-5-9-19(18)25-21(26-22)15-6-2-1-3-7-15/h1-13H,14H2,(H,24,27). The summed E-state index contributed by atoms with van der Waals surface area (Å²) in [6.07, 6.45) is 0. The molecular formula is C22H16ClN3OS. The van der Waals surface area contributed by atoms with E-state index in [9.17, 15) is 4.79 Å². The van der Waals surface area contributed by atoms with Crippen molar-refractivity contribution in [3.05, 3.63) is 83.9 Å². The van der Waals surface area contributed by atoms with Crippen molar-refractivity contribution in [2.75, 3.05) is 11.1 Å². The first-order valence-electron chi connectivity index (χ1n) is 8.69. The Bertz CT molecular complexity index is 1120. The van der Waals surface area contributed by atoms with Crippen LogP contribution in [-0.2, 0) is 4.79 Å². The molecule has 6 heteroatoms. The Morgan fingerprint density at radius 3 is 2.39 bits per heavy atom. The lowest BCUT2D eigenvalue weighted by Crippen LogP contribution is -2.14. The summed E-state index contributed by atoms with van der Waals surface area (Å²) in [5, 5.41) is 5.23. The minimum Gasteiger partial charge on any atom is -0.325 e. The summed E-state index contributed by atoms with van der Waals surface area (Å²) in [5.41, 5.74) is 2.52. The summed E-state index contributed by atoms with van der Waals surface area (Å²) >= 11 is 7.28. The number of benzene rings is 3. The molecule has 0 bridgehead atoms. The molecule has 138 valence electrons. The van der Waals surface area contributed by atoms with Crippen molar-refractivity contribution in [3.63, 3.8) is 0 Å². The highest BCUT2D eigenvalue weighted by Crippen LogP contribution is 2.28. The van der Waals surface area contributed by atoms with Crippen molar-refractivity contribution in [2.24, 2.45) is 0 Å². The van der Waals surface area contributed by atoms with Gasteiger partial charge < -0.3 is 5.32 Å². The summed E-state index contributed by atoms with van der Waals surface area (Å²) in [4.78, 5) is 21.7. The number of carbonyl (C=O) groups excluding carboxylic acids is 1. The van der Waals surface area contributed by atoms with Crippen molar-refractivity contribution >= 4 is 45.9 Å². The van der Waals surface area contributed by atoms with Crippen LogP contribution >= 0.6 is 23.4 Å². The van der Waals surface area contributed by atoms with Crippen LogP contribution in [0.5, 0.6) is 0 Å². The number of nitrogens with one attached hydrogen (secondary N) is 1. The Hall–Kier alpha value is -2.89. The van der Waals surface area contributed by atoms with Crippen LogP contribution in [0.3, 0.4) is 0 Å². The van der Waals surface area contributed by atoms with Gasteiger partial charge in [-0.15, -0.1) is 0 Å². The number of hydrogen-bond acceptors (Lipinski definition) is 4. The quantitative estimate of drug-likeness (QED) is 0.342. The predicted octanol–water partition coefficient (Wildman–Crippen LogP) is 5.68. The number of para-hydroxylation sites is 1. The molecule has 0 atom stereocenters. The lowest BCUT2D eigenvalue weighted by Gasteiger charge is -2.09. The van der Waals surface area contributed by atoms with Gasteiger partial charge in [0.15, 0.2) is 5.82 Å². The van der Waals surface area contributed by atoms with E-state index in [0.29, 0.717) is 16.5 Å². The van der Waals surface area contributed by atoms with Crippen molar-refractivity contribution in [1.29, 1.82) is 0 Å². The fraction of sp³-hybridized carbons (Fsp3) is 0.0455. The summed E-state index contributed by atoms with van der Waals surface area (Å²) in [6, 6.07) is 24.7. The van der Waals surface area contributed by atoms with E-state index in [1.807, 2.05) is 54.6 Å². The first kappa shape index (κ1) is 18.5. The number of aromatic nitrogens is 2. The van der Waals surface area contributed by atoms with Crippen LogP contribution in [0.25, 0.3) is 22.3 Å². The third-order valence-corrected chi connectivity index (χ3v) is 5.31. The van der Waals surface area contributed by atoms with Crippen LogP contribution in [0.15, 0.2) is 83.9 Å². The molecule has 4 nitrogen and oxygen atoms in total. The topological polar surface area (TPSA) is 54.9 Å². The van der Waals surface area contributed by atoms with Crippen LogP contribution in [0, 0.1) is 0 Å². The molecule has 0 fully saturated rings. The van der Waals surface area contributed by atoms with E-state index in [2.05, 4.69) is 10.3 Å². The molecule has 0 aliphatic heterocycles. The maximum atomic E-state index is 12.4. The molecule has 0 unspecified atom stereocenters. The first-order chi connectivity index (χ1) is 13.7. The van der Waals surface area contributed by atoms with E-state index in [1.165, 1.54) is 11.8 Å². The summed E-state index contributed by atoms with van der Waals surface area (Å²) in [5.74, 6) is 0.800. The van der Waals surface area contributed by atoms with E-state index in [0.717, 1.165) is 21.5 Å². The zero-order valence-corrected chi connectivity index (χ0v) is 16.4. The second kappa shape index (κ2) is 8.42. The van der Waals surface area contributed by atoms with Gasteiger partial charge in [0, 0.05) is 21.7 Å². The van der Waals surface area contributed by atoms with Gasteiger partial charge in [-0.05, 0) is 30.3 Å². The van der Waals surface area contributed by atoms with Gasteiger partial charge in [-0.2, -0.15) is 0 Å². The average Bonchev–Trinajstić information content (AvgIpc) is 2.74. The van der Waals surface area contributed by atoms with E-state index in [-0.39, 0.29) is 11.7 Å². The molecule has 1 heterocycles. The van der Waals surface area contributed by atoms with Crippen molar-refractivity contribution in [3.8, 4) is 11.4 Å². The van der Waals surface area contributed by atoms with Crippen LogP contribution in [-0.4, -0.2) is 21.6 Å². The molecular weight excluding hydrogens is 390 g/mol. The van der Waals surface area contributed by atoms with E-state index >= 15 is 0 Å². The zero-order chi connectivity index (χ0) is 19.3. The van der Waals surface area contributed by atoms with Crippen molar-refractivity contribution in [1.82, 2.24) is 9.97 Å². The lowest BCUT2D eigenvalue weighted by atomic mass is 10.2. The number of carbonyl (C=O) groups is 1. The van der Waals surface area contributed by atoms with Crippen molar-refractivity contribution in [2.45, 2.75) is 5.03 Å². The van der Waals surface area contributed by atoms with Gasteiger partial charge >= 0.3 is 0 Å². The number of thioether (sulfide) groups is 1. The Labute approximate surface area is 172 Å². The van der Waals surface area contributed by atoms with E-state index < -0.39 is 0 Å². The van der Waals surface area contributed by atoms with Gasteiger partial charge in [0.1, 0.15) is 5.03 Å². The largest absolute Gasteiger partial charge is 0.325 e. The SMILES string of the molecule is O=C(CSc1nc(-c2ccccc2)nc2ccccc12)Nc1ccc(Cl)cc1. The Morgan fingerprint density at radius 2 is 1.61 bits per heavy atom.